The highest BCUT2D eigenvalue weighted by Gasteiger charge is 2.27. The number of hydrogen-bond acceptors (Lipinski definition) is 7. The van der Waals surface area contributed by atoms with Crippen LogP contribution in [0.4, 0.5) is 10.2 Å². The average Bonchev–Trinajstić information content (AvgIpc) is 3.46. The van der Waals surface area contributed by atoms with Crippen LogP contribution in [0, 0.1) is 5.95 Å². The molecule has 1 aliphatic carbocycles. The van der Waals surface area contributed by atoms with Gasteiger partial charge in [0.15, 0.2) is 5.78 Å². The second-order valence-electron chi connectivity index (χ2n) is 9.76. The number of aromatic amines is 1. The number of pyridine rings is 2. The molecule has 2 aliphatic rings. The van der Waals surface area contributed by atoms with Gasteiger partial charge in [-0.25, -0.2) is 15.0 Å². The lowest BCUT2D eigenvalue weighted by atomic mass is 10.0. The Bertz CT molecular complexity index is 1500. The zero-order valence-corrected chi connectivity index (χ0v) is 20.4. The number of anilines is 1. The van der Waals surface area contributed by atoms with Crippen molar-refractivity contribution in [3.05, 3.63) is 77.0 Å². The first-order valence-corrected chi connectivity index (χ1v) is 12.5. The number of likely N-dealkylation sites (tertiary alicyclic amines) is 1. The molecule has 2 N–H and O–H groups in total. The molecule has 1 amide bonds. The van der Waals surface area contributed by atoms with Gasteiger partial charge in [-0.3, -0.25) is 14.6 Å². The number of hydrogen-bond donors (Lipinski definition) is 2. The topological polar surface area (TPSA) is 117 Å². The normalized spacial score (nSPS) is 17.4. The molecule has 2 fully saturated rings. The van der Waals surface area contributed by atoms with Crippen molar-refractivity contribution in [2.24, 2.45) is 0 Å². The zero-order chi connectivity index (χ0) is 25.5. The van der Waals surface area contributed by atoms with Gasteiger partial charge in [0.25, 0.3) is 0 Å². The number of halogens is 1. The van der Waals surface area contributed by atoms with Crippen LogP contribution >= 0.6 is 0 Å². The van der Waals surface area contributed by atoms with Crippen molar-refractivity contribution in [2.45, 2.75) is 44.6 Å². The monoisotopic (exact) mass is 499 g/mol. The highest BCUT2D eigenvalue weighted by molar-refractivity contribution is 6.18. The molecule has 0 bridgehead atoms. The van der Waals surface area contributed by atoms with Crippen LogP contribution in [-0.4, -0.2) is 60.6 Å². The van der Waals surface area contributed by atoms with E-state index in [0.717, 1.165) is 17.7 Å². The smallest absolute Gasteiger partial charge is 0.224 e. The summed E-state index contributed by atoms with van der Waals surface area (Å²) in [4.78, 5) is 47.0. The second-order valence-corrected chi connectivity index (χ2v) is 9.76. The molecule has 0 radical (unpaired) electrons. The van der Waals surface area contributed by atoms with Crippen LogP contribution in [-0.2, 0) is 11.2 Å². The quantitative estimate of drug-likeness (QED) is 0.295. The standard InChI is InChI=1S/C27H26FN7O2/c1-15(36)35-9-8-19(13-35)34-27-23-21(12-30-26(23)31-14-32-27)24(37)20-6-5-18(33-25(20)28)10-16-2-7-22(29-11-16)17-3-4-17/h2,5-7,11-12,14,17,19H,3-4,8-10,13H2,1H3,(H2,30,31,32,34). The van der Waals surface area contributed by atoms with Crippen LogP contribution in [0.5, 0.6) is 0 Å². The minimum Gasteiger partial charge on any atom is -0.365 e. The maximum atomic E-state index is 15.1. The Morgan fingerprint density at radius 2 is 1.97 bits per heavy atom. The van der Waals surface area contributed by atoms with E-state index in [1.54, 1.807) is 17.9 Å². The van der Waals surface area contributed by atoms with E-state index in [9.17, 15) is 9.59 Å². The van der Waals surface area contributed by atoms with Crippen molar-refractivity contribution in [3.8, 4) is 0 Å². The number of rotatable bonds is 7. The summed E-state index contributed by atoms with van der Waals surface area (Å²) in [7, 11) is 0. The van der Waals surface area contributed by atoms with Gasteiger partial charge in [-0.2, -0.15) is 4.39 Å². The summed E-state index contributed by atoms with van der Waals surface area (Å²) in [6.07, 6.45) is 8.29. The van der Waals surface area contributed by atoms with Gasteiger partial charge in [-0.05, 0) is 43.0 Å². The number of ketones is 1. The third-order valence-electron chi connectivity index (χ3n) is 7.07. The van der Waals surface area contributed by atoms with Crippen molar-refractivity contribution < 1.29 is 14.0 Å². The summed E-state index contributed by atoms with van der Waals surface area (Å²) in [6.45, 7) is 2.75. The molecule has 1 atom stereocenters. The molecule has 6 rings (SSSR count). The summed E-state index contributed by atoms with van der Waals surface area (Å²) >= 11 is 0. The van der Waals surface area contributed by atoms with E-state index >= 15 is 4.39 Å². The van der Waals surface area contributed by atoms with Crippen molar-refractivity contribution in [1.29, 1.82) is 0 Å². The Morgan fingerprint density at radius 1 is 1.11 bits per heavy atom. The Kier molecular flexibility index (Phi) is 5.86. The van der Waals surface area contributed by atoms with Gasteiger partial charge in [0, 0.05) is 62.2 Å². The predicted octanol–water partition coefficient (Wildman–Crippen LogP) is 3.62. The number of nitrogens with zero attached hydrogens (tertiary/aromatic N) is 5. The first-order chi connectivity index (χ1) is 18.0. The number of carbonyl (C=O) groups excluding carboxylic acids is 2. The Labute approximate surface area is 212 Å². The fourth-order valence-electron chi connectivity index (χ4n) is 4.86. The number of nitrogens with one attached hydrogen (secondary N) is 2. The Morgan fingerprint density at radius 3 is 2.68 bits per heavy atom. The van der Waals surface area contributed by atoms with Crippen molar-refractivity contribution in [3.63, 3.8) is 0 Å². The molecule has 1 aliphatic heterocycles. The molecule has 0 aromatic carbocycles. The molecule has 0 spiro atoms. The van der Waals surface area contributed by atoms with E-state index < -0.39 is 11.7 Å². The van der Waals surface area contributed by atoms with Crippen LogP contribution in [0.3, 0.4) is 0 Å². The Balaban J connectivity index is 1.23. The first kappa shape index (κ1) is 23.2. The molecule has 4 aromatic heterocycles. The summed E-state index contributed by atoms with van der Waals surface area (Å²) in [5.74, 6) is -0.259. The molecule has 10 heteroatoms. The molecule has 1 unspecified atom stereocenters. The van der Waals surface area contributed by atoms with Gasteiger partial charge < -0.3 is 15.2 Å². The van der Waals surface area contributed by atoms with Gasteiger partial charge in [-0.1, -0.05) is 6.07 Å². The van der Waals surface area contributed by atoms with Crippen LogP contribution in [0.2, 0.25) is 0 Å². The lowest BCUT2D eigenvalue weighted by Gasteiger charge is -2.16. The molecule has 5 heterocycles. The van der Waals surface area contributed by atoms with Crippen molar-refractivity contribution in [1.82, 2.24) is 29.8 Å². The number of carbonyl (C=O) groups is 2. The van der Waals surface area contributed by atoms with Crippen LogP contribution in [0.15, 0.2) is 43.0 Å². The third-order valence-corrected chi connectivity index (χ3v) is 7.07. The number of amides is 1. The molecular weight excluding hydrogens is 473 g/mol. The van der Waals surface area contributed by atoms with Gasteiger partial charge in [-0.15, -0.1) is 0 Å². The largest absolute Gasteiger partial charge is 0.365 e. The van der Waals surface area contributed by atoms with Crippen LogP contribution in [0.25, 0.3) is 11.0 Å². The summed E-state index contributed by atoms with van der Waals surface area (Å²) < 4.78 is 15.1. The average molecular weight is 500 g/mol. The van der Waals surface area contributed by atoms with Gasteiger partial charge >= 0.3 is 0 Å². The molecule has 1 saturated carbocycles. The minimum absolute atomic E-state index is 0.00892. The molecule has 37 heavy (non-hydrogen) atoms. The van der Waals surface area contributed by atoms with Gasteiger partial charge in [0.2, 0.25) is 11.9 Å². The van der Waals surface area contributed by atoms with E-state index in [-0.39, 0.29) is 23.1 Å². The predicted molar refractivity (Wildman–Crippen MR) is 135 cm³/mol. The summed E-state index contributed by atoms with van der Waals surface area (Å²) in [5.41, 5.74) is 3.17. The maximum absolute atomic E-state index is 15.1. The summed E-state index contributed by atoms with van der Waals surface area (Å²) in [5, 5.41) is 3.82. The SMILES string of the molecule is CC(=O)N1CCC(Nc2ncnc3[nH]cc(C(=O)c4ccc(Cc5ccc(C6CC6)nc5)nc4F)c23)C1. The van der Waals surface area contributed by atoms with Gasteiger partial charge in [0.1, 0.15) is 17.8 Å². The molecule has 9 nitrogen and oxygen atoms in total. The lowest BCUT2D eigenvalue weighted by molar-refractivity contribution is -0.127. The highest BCUT2D eigenvalue weighted by Crippen LogP contribution is 2.38. The van der Waals surface area contributed by atoms with E-state index in [2.05, 4.69) is 30.2 Å². The number of fused-ring (bicyclic) bond motifs is 1. The van der Waals surface area contributed by atoms with E-state index in [0.29, 0.717) is 48.0 Å². The lowest BCUT2D eigenvalue weighted by Crippen LogP contribution is -2.29. The molecule has 1 saturated heterocycles. The van der Waals surface area contributed by atoms with Crippen LogP contribution < -0.4 is 5.32 Å². The minimum atomic E-state index is -0.821. The first-order valence-electron chi connectivity index (χ1n) is 12.5. The van der Waals surface area contributed by atoms with Gasteiger partial charge in [0.05, 0.1) is 16.5 Å². The molecular formula is C27H26FN7O2. The summed E-state index contributed by atoms with van der Waals surface area (Å²) in [6, 6.07) is 7.16. The molecule has 4 aromatic rings. The van der Waals surface area contributed by atoms with Crippen molar-refractivity contribution >= 4 is 28.5 Å². The zero-order valence-electron chi connectivity index (χ0n) is 20.4. The van der Waals surface area contributed by atoms with Crippen molar-refractivity contribution in [2.75, 3.05) is 18.4 Å². The Hall–Kier alpha value is -4.21. The van der Waals surface area contributed by atoms with E-state index in [1.165, 1.54) is 31.4 Å². The number of aromatic nitrogens is 5. The molecule has 188 valence electrons. The highest BCUT2D eigenvalue weighted by atomic mass is 19.1. The fourth-order valence-corrected chi connectivity index (χ4v) is 4.86. The maximum Gasteiger partial charge on any atom is 0.224 e. The fraction of sp³-hybridized carbons (Fsp3) is 0.333. The third kappa shape index (κ3) is 4.66. The second kappa shape index (κ2) is 9.34. The van der Waals surface area contributed by atoms with E-state index in [1.807, 2.05) is 18.3 Å². The van der Waals surface area contributed by atoms with Crippen LogP contribution in [0.1, 0.15) is 65.0 Å². The number of H-pyrrole nitrogens is 1. The van der Waals surface area contributed by atoms with E-state index in [4.69, 9.17) is 0 Å².